The Kier molecular flexibility index (Phi) is 8.27. The minimum Gasteiger partial charge on any atom is -0.367 e. The zero-order valence-electron chi connectivity index (χ0n) is 21.0. The molecule has 38 heavy (non-hydrogen) atoms. The molecule has 0 aliphatic carbocycles. The molecule has 0 bridgehead atoms. The number of amides is 1. The van der Waals surface area contributed by atoms with Gasteiger partial charge in [-0.2, -0.15) is 0 Å². The average molecular weight is 547 g/mol. The van der Waals surface area contributed by atoms with Crippen molar-refractivity contribution in [3.05, 3.63) is 89.2 Å². The highest BCUT2D eigenvalue weighted by atomic mass is 32.2. The summed E-state index contributed by atoms with van der Waals surface area (Å²) in [5.41, 5.74) is 1.59. The standard InChI is InChI=1S/C27H29F3N4O3S/c1-18(2)33-11-13-34(14-12-33)26-10-5-20(27(35)31-17-19-3-6-21(28)7-4-19)15-25(26)32-38(36,37)22-8-9-23(29)24(30)16-22/h3-10,15-16,18,32H,11-14,17H2,1-2H3,(H,31,35). The molecule has 1 heterocycles. The quantitative estimate of drug-likeness (QED) is 0.439. The third-order valence-corrected chi connectivity index (χ3v) is 7.82. The first-order valence-electron chi connectivity index (χ1n) is 12.2. The second kappa shape index (κ2) is 11.4. The van der Waals surface area contributed by atoms with Crippen molar-refractivity contribution >= 4 is 27.3 Å². The van der Waals surface area contributed by atoms with Crippen LogP contribution in [0.1, 0.15) is 29.8 Å². The number of nitrogens with zero attached hydrogens (tertiary/aromatic N) is 2. The SMILES string of the molecule is CC(C)N1CCN(c2ccc(C(=O)NCc3ccc(F)cc3)cc2NS(=O)(=O)c2ccc(F)c(F)c2)CC1. The fourth-order valence-electron chi connectivity index (χ4n) is 4.25. The lowest BCUT2D eigenvalue weighted by Gasteiger charge is -2.38. The van der Waals surface area contributed by atoms with E-state index < -0.39 is 32.5 Å². The summed E-state index contributed by atoms with van der Waals surface area (Å²) in [6.07, 6.45) is 0. The molecule has 0 spiro atoms. The van der Waals surface area contributed by atoms with Crippen LogP contribution >= 0.6 is 0 Å². The molecule has 3 aromatic rings. The summed E-state index contributed by atoms with van der Waals surface area (Å²) in [5.74, 6) is -3.29. The number of nitrogens with one attached hydrogen (secondary N) is 2. The predicted molar refractivity (Wildman–Crippen MR) is 140 cm³/mol. The number of hydrogen-bond donors (Lipinski definition) is 2. The van der Waals surface area contributed by atoms with Gasteiger partial charge in [0.25, 0.3) is 15.9 Å². The van der Waals surface area contributed by atoms with E-state index in [-0.39, 0.29) is 23.6 Å². The van der Waals surface area contributed by atoms with E-state index in [4.69, 9.17) is 0 Å². The van der Waals surface area contributed by atoms with E-state index in [2.05, 4.69) is 28.8 Å². The lowest BCUT2D eigenvalue weighted by Crippen LogP contribution is -2.49. The maximum atomic E-state index is 13.8. The van der Waals surface area contributed by atoms with Crippen molar-refractivity contribution in [3.8, 4) is 0 Å². The van der Waals surface area contributed by atoms with Crippen molar-refractivity contribution in [2.75, 3.05) is 35.8 Å². The summed E-state index contributed by atoms with van der Waals surface area (Å²) >= 11 is 0. The second-order valence-electron chi connectivity index (χ2n) is 9.34. The molecular formula is C27H29F3N4O3S. The van der Waals surface area contributed by atoms with E-state index in [1.807, 2.05) is 4.90 Å². The first-order valence-corrected chi connectivity index (χ1v) is 13.7. The fraction of sp³-hybridized carbons (Fsp3) is 0.296. The predicted octanol–water partition coefficient (Wildman–Crippen LogP) is 4.37. The Morgan fingerprint density at radius 1 is 0.895 bits per heavy atom. The van der Waals surface area contributed by atoms with Gasteiger partial charge in [0.2, 0.25) is 0 Å². The maximum Gasteiger partial charge on any atom is 0.262 e. The lowest BCUT2D eigenvalue weighted by molar-refractivity contribution is 0.0951. The zero-order chi connectivity index (χ0) is 27.4. The first-order chi connectivity index (χ1) is 18.0. The number of anilines is 2. The summed E-state index contributed by atoms with van der Waals surface area (Å²) in [6.45, 7) is 7.17. The Hall–Kier alpha value is -3.57. The fourth-order valence-corrected chi connectivity index (χ4v) is 5.33. The van der Waals surface area contributed by atoms with E-state index in [0.29, 0.717) is 36.4 Å². The number of benzene rings is 3. The largest absolute Gasteiger partial charge is 0.367 e. The lowest BCUT2D eigenvalue weighted by atomic mass is 10.1. The molecule has 1 saturated heterocycles. The third kappa shape index (κ3) is 6.46. The summed E-state index contributed by atoms with van der Waals surface area (Å²) < 4.78 is 69.0. The Balaban J connectivity index is 1.61. The summed E-state index contributed by atoms with van der Waals surface area (Å²) in [4.78, 5) is 16.8. The van der Waals surface area contributed by atoms with Crippen molar-refractivity contribution in [1.29, 1.82) is 0 Å². The Bertz CT molecular complexity index is 1410. The number of piperazine rings is 1. The normalized spacial score (nSPS) is 14.5. The highest BCUT2D eigenvalue weighted by Crippen LogP contribution is 2.31. The van der Waals surface area contributed by atoms with Gasteiger partial charge in [-0.25, -0.2) is 21.6 Å². The van der Waals surface area contributed by atoms with Crippen LogP contribution in [0.15, 0.2) is 65.6 Å². The van der Waals surface area contributed by atoms with Gasteiger partial charge in [-0.15, -0.1) is 0 Å². The number of hydrogen-bond acceptors (Lipinski definition) is 5. The maximum absolute atomic E-state index is 13.8. The van der Waals surface area contributed by atoms with E-state index in [9.17, 15) is 26.4 Å². The van der Waals surface area contributed by atoms with Crippen molar-refractivity contribution in [2.45, 2.75) is 31.3 Å². The highest BCUT2D eigenvalue weighted by molar-refractivity contribution is 7.92. The second-order valence-corrected chi connectivity index (χ2v) is 11.0. The number of carbonyl (C=O) groups is 1. The minimum atomic E-state index is -4.30. The molecule has 1 aliphatic rings. The van der Waals surface area contributed by atoms with Gasteiger partial charge in [0.15, 0.2) is 11.6 Å². The Labute approximate surface area is 220 Å². The van der Waals surface area contributed by atoms with Crippen LogP contribution in [0.25, 0.3) is 0 Å². The monoisotopic (exact) mass is 546 g/mol. The minimum absolute atomic E-state index is 0.141. The van der Waals surface area contributed by atoms with Gasteiger partial charge in [0.1, 0.15) is 5.82 Å². The van der Waals surface area contributed by atoms with E-state index in [1.165, 1.54) is 18.2 Å². The molecule has 1 amide bonds. The van der Waals surface area contributed by atoms with Crippen LogP contribution in [0.2, 0.25) is 0 Å². The van der Waals surface area contributed by atoms with Crippen LogP contribution in [-0.4, -0.2) is 51.4 Å². The third-order valence-electron chi connectivity index (χ3n) is 6.46. The summed E-state index contributed by atoms with van der Waals surface area (Å²) in [5, 5.41) is 2.74. The molecule has 0 saturated carbocycles. The number of sulfonamides is 1. The van der Waals surface area contributed by atoms with Crippen LogP contribution in [0.5, 0.6) is 0 Å². The Morgan fingerprint density at radius 2 is 1.58 bits per heavy atom. The molecule has 202 valence electrons. The first kappa shape index (κ1) is 27.5. The molecule has 1 aliphatic heterocycles. The number of halogens is 3. The molecule has 11 heteroatoms. The summed E-state index contributed by atoms with van der Waals surface area (Å²) in [7, 11) is -4.30. The van der Waals surface area contributed by atoms with Crippen LogP contribution < -0.4 is 14.9 Å². The van der Waals surface area contributed by atoms with Gasteiger partial charge in [0.05, 0.1) is 16.3 Å². The van der Waals surface area contributed by atoms with Crippen LogP contribution in [0.4, 0.5) is 24.5 Å². The highest BCUT2D eigenvalue weighted by Gasteiger charge is 2.24. The average Bonchev–Trinajstić information content (AvgIpc) is 2.89. The zero-order valence-corrected chi connectivity index (χ0v) is 21.9. The molecule has 2 N–H and O–H groups in total. The molecule has 4 rings (SSSR count). The van der Waals surface area contributed by atoms with Gasteiger partial charge in [-0.05, 0) is 67.9 Å². The van der Waals surface area contributed by atoms with Gasteiger partial charge in [-0.1, -0.05) is 12.1 Å². The molecular weight excluding hydrogens is 517 g/mol. The topological polar surface area (TPSA) is 81.8 Å². The van der Waals surface area contributed by atoms with Gasteiger partial charge < -0.3 is 10.2 Å². The number of rotatable bonds is 8. The van der Waals surface area contributed by atoms with Crippen LogP contribution in [0, 0.1) is 17.5 Å². The molecule has 0 aromatic heterocycles. The van der Waals surface area contributed by atoms with Crippen LogP contribution in [0.3, 0.4) is 0 Å². The van der Waals surface area contributed by atoms with E-state index in [1.54, 1.807) is 24.3 Å². The van der Waals surface area contributed by atoms with Gasteiger partial charge in [0, 0.05) is 44.3 Å². The number of carbonyl (C=O) groups excluding carboxylic acids is 1. The van der Waals surface area contributed by atoms with Crippen molar-refractivity contribution < 1.29 is 26.4 Å². The van der Waals surface area contributed by atoms with Crippen LogP contribution in [-0.2, 0) is 16.6 Å². The molecule has 0 atom stereocenters. The van der Waals surface area contributed by atoms with Crippen molar-refractivity contribution in [2.24, 2.45) is 0 Å². The summed E-state index contributed by atoms with van der Waals surface area (Å²) in [6, 6.07) is 13.1. The molecule has 0 radical (unpaired) electrons. The molecule has 3 aromatic carbocycles. The van der Waals surface area contributed by atoms with E-state index in [0.717, 1.165) is 25.2 Å². The molecule has 0 unspecified atom stereocenters. The molecule has 1 fully saturated rings. The van der Waals surface area contributed by atoms with Crippen molar-refractivity contribution in [3.63, 3.8) is 0 Å². The van der Waals surface area contributed by atoms with Gasteiger partial charge >= 0.3 is 0 Å². The molecule has 7 nitrogen and oxygen atoms in total. The van der Waals surface area contributed by atoms with E-state index >= 15 is 0 Å². The smallest absolute Gasteiger partial charge is 0.262 e. The van der Waals surface area contributed by atoms with Gasteiger partial charge in [-0.3, -0.25) is 14.4 Å². The Morgan fingerprint density at radius 3 is 2.21 bits per heavy atom. The van der Waals surface area contributed by atoms with Crippen molar-refractivity contribution in [1.82, 2.24) is 10.2 Å².